The number of aromatic nitrogens is 3. The summed E-state index contributed by atoms with van der Waals surface area (Å²) in [5, 5.41) is 3.19. The first kappa shape index (κ1) is 23.3. The molecular weight excluding hydrogens is 495 g/mol. The highest BCUT2D eigenvalue weighted by Gasteiger charge is 2.30. The Kier molecular flexibility index (Phi) is 5.13. The summed E-state index contributed by atoms with van der Waals surface area (Å²) in [5.74, 6) is 0. The number of para-hydroxylation sites is 1. The number of nitrogens with zero attached hydrogens (tertiary/aromatic N) is 1. The van der Waals surface area contributed by atoms with E-state index >= 15 is 0 Å². The largest absolute Gasteiger partial charge is 0.416 e. The minimum atomic E-state index is -4.35. The Hall–Kier alpha value is -4.84. The second-order valence-corrected chi connectivity index (χ2v) is 9.87. The van der Waals surface area contributed by atoms with Crippen LogP contribution in [0.2, 0.25) is 0 Å². The van der Waals surface area contributed by atoms with E-state index in [0.717, 1.165) is 72.8 Å². The van der Waals surface area contributed by atoms with Crippen LogP contribution in [0.5, 0.6) is 0 Å². The van der Waals surface area contributed by atoms with Gasteiger partial charge in [-0.3, -0.25) is 4.98 Å². The Morgan fingerprint density at radius 2 is 1.41 bits per heavy atom. The second kappa shape index (κ2) is 8.60. The Morgan fingerprint density at radius 3 is 2.23 bits per heavy atom. The van der Waals surface area contributed by atoms with Crippen molar-refractivity contribution in [1.82, 2.24) is 15.0 Å². The number of fused-ring (bicyclic) bond motifs is 3. The van der Waals surface area contributed by atoms with Crippen LogP contribution in [-0.2, 0) is 6.18 Å². The molecule has 190 valence electrons. The predicted molar refractivity (Wildman–Crippen MR) is 152 cm³/mol. The number of aromatic amines is 2. The summed E-state index contributed by atoms with van der Waals surface area (Å²) >= 11 is 0. The molecule has 39 heavy (non-hydrogen) atoms. The number of rotatable bonds is 3. The third-order valence-electron chi connectivity index (χ3n) is 7.46. The average Bonchev–Trinajstić information content (AvgIpc) is 3.57. The summed E-state index contributed by atoms with van der Waals surface area (Å²) in [4.78, 5) is 11.4. The molecule has 4 aromatic carbocycles. The molecule has 0 saturated heterocycles. The molecule has 0 fully saturated rings. The number of nitrogens with one attached hydrogen (secondary N) is 2. The van der Waals surface area contributed by atoms with Gasteiger partial charge in [0.1, 0.15) is 0 Å². The number of alkyl halides is 3. The van der Waals surface area contributed by atoms with Crippen LogP contribution in [0.1, 0.15) is 11.1 Å². The lowest BCUT2D eigenvalue weighted by Crippen LogP contribution is -2.03. The SMILES string of the molecule is Cc1cccc2c(-c3ccc4cc(-c5ccc6c(-c7ccc(C(F)(F)F)cc7)c[nH]c6c5)cnc4c3)c[nH]c12. The molecule has 0 aliphatic rings. The van der Waals surface area contributed by atoms with Gasteiger partial charge in [0.05, 0.1) is 11.1 Å². The highest BCUT2D eigenvalue weighted by Crippen LogP contribution is 2.36. The first-order valence-corrected chi connectivity index (χ1v) is 12.6. The first-order chi connectivity index (χ1) is 18.8. The molecule has 0 unspecified atom stereocenters. The van der Waals surface area contributed by atoms with Crippen molar-refractivity contribution in [2.24, 2.45) is 0 Å². The maximum atomic E-state index is 13.0. The van der Waals surface area contributed by atoms with Crippen LogP contribution in [-0.4, -0.2) is 15.0 Å². The molecular formula is C33H22F3N3. The minimum absolute atomic E-state index is 0.652. The Balaban J connectivity index is 1.22. The smallest absolute Gasteiger partial charge is 0.361 e. The van der Waals surface area contributed by atoms with E-state index in [1.807, 2.05) is 24.5 Å². The molecule has 0 atom stereocenters. The van der Waals surface area contributed by atoms with Crippen molar-refractivity contribution in [2.45, 2.75) is 13.1 Å². The van der Waals surface area contributed by atoms with Crippen molar-refractivity contribution < 1.29 is 13.2 Å². The van der Waals surface area contributed by atoms with Crippen LogP contribution in [0.25, 0.3) is 66.1 Å². The van der Waals surface area contributed by atoms with Crippen LogP contribution in [0.4, 0.5) is 13.2 Å². The van der Waals surface area contributed by atoms with E-state index in [1.54, 1.807) is 0 Å². The van der Waals surface area contributed by atoms with Gasteiger partial charge in [-0.2, -0.15) is 13.2 Å². The Morgan fingerprint density at radius 1 is 0.667 bits per heavy atom. The molecule has 0 bridgehead atoms. The predicted octanol–water partition coefficient (Wildman–Crippen LogP) is 9.53. The average molecular weight is 518 g/mol. The normalized spacial score (nSPS) is 12.1. The summed E-state index contributed by atoms with van der Waals surface area (Å²) in [6.07, 6.45) is 1.42. The maximum absolute atomic E-state index is 13.0. The van der Waals surface area contributed by atoms with Crippen LogP contribution < -0.4 is 0 Å². The molecule has 0 aliphatic heterocycles. The van der Waals surface area contributed by atoms with Gasteiger partial charge in [-0.1, -0.05) is 54.6 Å². The van der Waals surface area contributed by atoms with Crippen molar-refractivity contribution in [3.05, 3.63) is 115 Å². The van der Waals surface area contributed by atoms with Crippen LogP contribution >= 0.6 is 0 Å². The van der Waals surface area contributed by atoms with Gasteiger partial charge >= 0.3 is 6.18 Å². The zero-order valence-electron chi connectivity index (χ0n) is 20.9. The molecule has 3 nitrogen and oxygen atoms in total. The number of pyridine rings is 1. The Bertz CT molecular complexity index is 2010. The molecule has 3 heterocycles. The molecule has 3 aromatic heterocycles. The van der Waals surface area contributed by atoms with Gasteiger partial charge in [-0.15, -0.1) is 0 Å². The summed E-state index contributed by atoms with van der Waals surface area (Å²) in [6.45, 7) is 2.10. The van der Waals surface area contributed by atoms with Crippen molar-refractivity contribution >= 4 is 32.7 Å². The van der Waals surface area contributed by atoms with E-state index in [4.69, 9.17) is 4.98 Å². The second-order valence-electron chi connectivity index (χ2n) is 9.87. The van der Waals surface area contributed by atoms with Crippen molar-refractivity contribution in [2.75, 3.05) is 0 Å². The van der Waals surface area contributed by atoms with E-state index in [0.29, 0.717) is 0 Å². The van der Waals surface area contributed by atoms with Crippen LogP contribution in [0.3, 0.4) is 0 Å². The summed E-state index contributed by atoms with van der Waals surface area (Å²) in [5.41, 5.74) is 9.41. The Labute approximate surface area is 222 Å². The lowest BCUT2D eigenvalue weighted by Gasteiger charge is -2.08. The lowest BCUT2D eigenvalue weighted by atomic mass is 9.99. The maximum Gasteiger partial charge on any atom is 0.416 e. The molecule has 7 aromatic rings. The first-order valence-electron chi connectivity index (χ1n) is 12.6. The van der Waals surface area contributed by atoms with Crippen molar-refractivity contribution in [1.29, 1.82) is 0 Å². The molecule has 0 aliphatic carbocycles. The zero-order valence-corrected chi connectivity index (χ0v) is 20.9. The van der Waals surface area contributed by atoms with Crippen molar-refractivity contribution in [3.63, 3.8) is 0 Å². The standard InChI is InChI=1S/C33H22F3N3/c1-19-3-2-4-27-29(18-39-32(19)27)22-5-6-23-13-24(16-37-30(23)15-22)21-9-12-26-28(17-38-31(26)14-21)20-7-10-25(11-8-20)33(34,35)36/h2-18,38-39H,1H3. The number of hydrogen-bond donors (Lipinski definition) is 2. The molecule has 0 amide bonds. The molecule has 7 rings (SSSR count). The van der Waals surface area contributed by atoms with Gasteiger partial charge in [0.2, 0.25) is 0 Å². The van der Waals surface area contributed by atoms with Crippen LogP contribution in [0.15, 0.2) is 104 Å². The molecule has 6 heteroatoms. The number of aryl methyl sites for hydroxylation is 1. The molecule has 0 saturated carbocycles. The minimum Gasteiger partial charge on any atom is -0.361 e. The summed E-state index contributed by atoms with van der Waals surface area (Å²) < 4.78 is 38.9. The van der Waals surface area contributed by atoms with E-state index < -0.39 is 11.7 Å². The van der Waals surface area contributed by atoms with Crippen molar-refractivity contribution in [3.8, 4) is 33.4 Å². The zero-order chi connectivity index (χ0) is 26.7. The number of H-pyrrole nitrogens is 2. The van der Waals surface area contributed by atoms with E-state index in [9.17, 15) is 13.2 Å². The number of hydrogen-bond acceptors (Lipinski definition) is 1. The number of halogens is 3. The van der Waals surface area contributed by atoms with E-state index in [2.05, 4.69) is 71.6 Å². The van der Waals surface area contributed by atoms with E-state index in [-0.39, 0.29) is 0 Å². The van der Waals surface area contributed by atoms with Gasteiger partial charge < -0.3 is 9.97 Å². The van der Waals surface area contributed by atoms with Gasteiger partial charge in [0.15, 0.2) is 0 Å². The number of benzene rings is 4. The van der Waals surface area contributed by atoms with Gasteiger partial charge in [-0.25, -0.2) is 0 Å². The third kappa shape index (κ3) is 3.96. The molecule has 0 spiro atoms. The van der Waals surface area contributed by atoms with E-state index in [1.165, 1.54) is 23.1 Å². The highest BCUT2D eigenvalue weighted by atomic mass is 19.4. The monoisotopic (exact) mass is 517 g/mol. The fraction of sp³-hybridized carbons (Fsp3) is 0.0606. The third-order valence-corrected chi connectivity index (χ3v) is 7.46. The highest BCUT2D eigenvalue weighted by molar-refractivity contribution is 6.00. The summed E-state index contributed by atoms with van der Waals surface area (Å²) in [6, 6.07) is 26.1. The molecule has 2 N–H and O–H groups in total. The topological polar surface area (TPSA) is 44.5 Å². The van der Waals surface area contributed by atoms with Gasteiger partial charge in [0, 0.05) is 62.5 Å². The van der Waals surface area contributed by atoms with Gasteiger partial charge in [-0.05, 0) is 59.5 Å². The van der Waals surface area contributed by atoms with Gasteiger partial charge in [0.25, 0.3) is 0 Å². The fourth-order valence-corrected chi connectivity index (χ4v) is 5.37. The quantitative estimate of drug-likeness (QED) is 0.241. The summed E-state index contributed by atoms with van der Waals surface area (Å²) in [7, 11) is 0. The molecule has 0 radical (unpaired) electrons. The van der Waals surface area contributed by atoms with Crippen LogP contribution in [0, 0.1) is 6.92 Å². The fourth-order valence-electron chi connectivity index (χ4n) is 5.37. The lowest BCUT2D eigenvalue weighted by molar-refractivity contribution is -0.137.